The zero-order chi connectivity index (χ0) is 30.4. The molecule has 0 amide bonds. The van der Waals surface area contributed by atoms with E-state index in [1.807, 2.05) is 0 Å². The van der Waals surface area contributed by atoms with E-state index < -0.39 is 8.07 Å². The van der Waals surface area contributed by atoms with Crippen LogP contribution in [0.3, 0.4) is 0 Å². The maximum Gasteiger partial charge on any atom is 0.159 e. The molecule has 0 aliphatic carbocycles. The topological polar surface area (TPSA) is 25.8 Å². The summed E-state index contributed by atoms with van der Waals surface area (Å²) in [5.41, 5.74) is 12.8. The van der Waals surface area contributed by atoms with Crippen molar-refractivity contribution in [1.82, 2.24) is 9.97 Å². The maximum absolute atomic E-state index is 5.40. The van der Waals surface area contributed by atoms with Gasteiger partial charge in [0.15, 0.2) is 5.82 Å². The zero-order valence-corrected chi connectivity index (χ0v) is 26.4. The zero-order valence-electron chi connectivity index (χ0n) is 25.4. The molecule has 1 aliphatic rings. The largest absolute Gasteiger partial charge is 0.237 e. The Labute approximate surface area is 265 Å². The van der Waals surface area contributed by atoms with Gasteiger partial charge in [0.25, 0.3) is 0 Å². The van der Waals surface area contributed by atoms with E-state index in [0.29, 0.717) is 0 Å². The third-order valence-electron chi connectivity index (χ3n) is 9.06. The molecule has 1 aliphatic heterocycles. The number of nitrogens with zero attached hydrogens (tertiary/aromatic N) is 2. The lowest BCUT2D eigenvalue weighted by atomic mass is 9.96. The summed E-state index contributed by atoms with van der Waals surface area (Å²) in [6, 6.07) is 56.2. The average molecular weight is 593 g/mol. The third-order valence-corrected chi connectivity index (χ3v) is 12.4. The Bertz CT molecular complexity index is 2170. The van der Waals surface area contributed by atoms with Crippen LogP contribution in [0.15, 0.2) is 158 Å². The molecule has 0 fully saturated rings. The summed E-state index contributed by atoms with van der Waals surface area (Å²) < 4.78 is 0. The van der Waals surface area contributed by atoms with E-state index in [1.54, 1.807) is 0 Å². The van der Waals surface area contributed by atoms with Gasteiger partial charge in [-0.3, -0.25) is 0 Å². The standard InChI is InChI=1S/C42H32N2Si/c1-45(2)38-22-10-9-21-37(38)39-40(35-19-11-17-33(27-35)30-15-7-4-8-16-30)43-41(44-42(39)45)36-20-12-18-34(28-36)32-25-23-31(24-26-32)29-13-5-3-6-14-29/h3-28H,1-2H3. The Morgan fingerprint density at radius 3 is 1.53 bits per heavy atom. The Balaban J connectivity index is 1.27. The molecular formula is C42H32N2Si. The van der Waals surface area contributed by atoms with Crippen molar-refractivity contribution in [1.29, 1.82) is 0 Å². The van der Waals surface area contributed by atoms with Crippen LogP contribution < -0.4 is 10.5 Å². The Hall–Kier alpha value is -5.38. The molecule has 6 aromatic carbocycles. The summed E-state index contributed by atoms with van der Waals surface area (Å²) >= 11 is 0. The van der Waals surface area contributed by atoms with Gasteiger partial charge in [0.05, 0.1) is 5.69 Å². The predicted octanol–water partition coefficient (Wildman–Crippen LogP) is 9.61. The Morgan fingerprint density at radius 1 is 0.400 bits per heavy atom. The molecule has 2 heterocycles. The van der Waals surface area contributed by atoms with Crippen molar-refractivity contribution in [2.45, 2.75) is 13.1 Å². The number of benzene rings is 6. The molecule has 8 rings (SSSR count). The van der Waals surface area contributed by atoms with Crippen LogP contribution in [0.2, 0.25) is 13.1 Å². The van der Waals surface area contributed by atoms with Gasteiger partial charge in [-0.25, -0.2) is 9.97 Å². The van der Waals surface area contributed by atoms with Crippen molar-refractivity contribution in [2.75, 3.05) is 0 Å². The first-order valence-corrected chi connectivity index (χ1v) is 18.5. The van der Waals surface area contributed by atoms with Crippen molar-refractivity contribution in [3.63, 3.8) is 0 Å². The van der Waals surface area contributed by atoms with Gasteiger partial charge in [-0.1, -0.05) is 159 Å². The van der Waals surface area contributed by atoms with Gasteiger partial charge in [-0.05, 0) is 56.3 Å². The van der Waals surface area contributed by atoms with E-state index in [4.69, 9.17) is 9.97 Å². The van der Waals surface area contributed by atoms with Crippen LogP contribution in [0, 0.1) is 0 Å². The van der Waals surface area contributed by atoms with Gasteiger partial charge in [-0.2, -0.15) is 0 Å². The van der Waals surface area contributed by atoms with Crippen LogP contribution in [0.25, 0.3) is 67.2 Å². The summed E-state index contributed by atoms with van der Waals surface area (Å²) in [4.78, 5) is 10.8. The van der Waals surface area contributed by atoms with Crippen LogP contribution in [-0.4, -0.2) is 18.0 Å². The second-order valence-corrected chi connectivity index (χ2v) is 16.5. The second kappa shape index (κ2) is 11.0. The molecule has 0 radical (unpaired) electrons. The molecular weight excluding hydrogens is 561 g/mol. The highest BCUT2D eigenvalue weighted by atomic mass is 28.3. The van der Waals surface area contributed by atoms with Crippen molar-refractivity contribution in [3.8, 4) is 67.2 Å². The quantitative estimate of drug-likeness (QED) is 0.186. The molecule has 0 spiro atoms. The molecule has 0 N–H and O–H groups in total. The molecule has 214 valence electrons. The van der Waals surface area contributed by atoms with Crippen molar-refractivity contribution >= 4 is 18.6 Å². The summed E-state index contributed by atoms with van der Waals surface area (Å²) in [7, 11) is -2.05. The Morgan fingerprint density at radius 2 is 0.867 bits per heavy atom. The molecule has 1 aromatic heterocycles. The van der Waals surface area contributed by atoms with Crippen molar-refractivity contribution < 1.29 is 0 Å². The molecule has 0 bridgehead atoms. The average Bonchev–Trinajstić information content (AvgIpc) is 3.35. The first-order chi connectivity index (χ1) is 22.1. The molecule has 0 atom stereocenters. The van der Waals surface area contributed by atoms with Crippen LogP contribution >= 0.6 is 0 Å². The van der Waals surface area contributed by atoms with E-state index in [2.05, 4.69) is 171 Å². The van der Waals surface area contributed by atoms with E-state index >= 15 is 0 Å². The second-order valence-electron chi connectivity index (χ2n) is 12.3. The van der Waals surface area contributed by atoms with E-state index in [0.717, 1.165) is 28.2 Å². The monoisotopic (exact) mass is 592 g/mol. The highest BCUT2D eigenvalue weighted by molar-refractivity contribution is 7.03. The summed E-state index contributed by atoms with van der Waals surface area (Å²) in [6.07, 6.45) is 0. The minimum atomic E-state index is -2.05. The maximum atomic E-state index is 5.40. The number of hydrogen-bond donors (Lipinski definition) is 0. The van der Waals surface area contributed by atoms with E-state index in [-0.39, 0.29) is 0 Å². The van der Waals surface area contributed by atoms with Crippen LogP contribution in [-0.2, 0) is 0 Å². The molecule has 3 heteroatoms. The highest BCUT2D eigenvalue weighted by Crippen LogP contribution is 2.38. The molecule has 0 unspecified atom stereocenters. The van der Waals surface area contributed by atoms with E-state index in [1.165, 1.54) is 49.4 Å². The number of fused-ring (bicyclic) bond motifs is 3. The Kier molecular flexibility index (Phi) is 6.62. The van der Waals surface area contributed by atoms with E-state index in [9.17, 15) is 0 Å². The number of rotatable bonds is 5. The van der Waals surface area contributed by atoms with Gasteiger partial charge >= 0.3 is 0 Å². The summed E-state index contributed by atoms with van der Waals surface area (Å²) in [5, 5.41) is 2.64. The smallest absolute Gasteiger partial charge is 0.159 e. The minimum absolute atomic E-state index is 0.782. The first kappa shape index (κ1) is 27.2. The van der Waals surface area contributed by atoms with Gasteiger partial charge in [0.1, 0.15) is 8.07 Å². The van der Waals surface area contributed by atoms with Gasteiger partial charge in [0.2, 0.25) is 0 Å². The van der Waals surface area contributed by atoms with Gasteiger partial charge in [0, 0.05) is 22.0 Å². The number of aromatic nitrogens is 2. The molecule has 0 saturated carbocycles. The lowest BCUT2D eigenvalue weighted by Gasteiger charge is -2.19. The lowest BCUT2D eigenvalue weighted by molar-refractivity contribution is 1.21. The van der Waals surface area contributed by atoms with Crippen molar-refractivity contribution in [2.24, 2.45) is 0 Å². The molecule has 45 heavy (non-hydrogen) atoms. The predicted molar refractivity (Wildman–Crippen MR) is 191 cm³/mol. The molecule has 0 saturated heterocycles. The minimum Gasteiger partial charge on any atom is -0.237 e. The van der Waals surface area contributed by atoms with Gasteiger partial charge < -0.3 is 0 Å². The fourth-order valence-electron chi connectivity index (χ4n) is 6.68. The highest BCUT2D eigenvalue weighted by Gasteiger charge is 2.41. The molecule has 2 nitrogen and oxygen atoms in total. The molecule has 7 aromatic rings. The third kappa shape index (κ3) is 4.82. The summed E-state index contributed by atoms with van der Waals surface area (Å²) in [5.74, 6) is 0.782. The SMILES string of the molecule is C[Si]1(C)c2ccccc2-c2c(-c3cccc(-c4ccccc4)c3)nc(-c3cccc(-c4ccc(-c5ccccc5)cc4)c3)nc21. The fourth-order valence-corrected chi connectivity index (χ4v) is 9.59. The normalized spacial score (nSPS) is 12.8. The van der Waals surface area contributed by atoms with Crippen LogP contribution in [0.5, 0.6) is 0 Å². The first-order valence-electron chi connectivity index (χ1n) is 15.5. The lowest BCUT2D eigenvalue weighted by Crippen LogP contribution is -2.50. The fraction of sp³-hybridized carbons (Fsp3) is 0.0476. The summed E-state index contributed by atoms with van der Waals surface area (Å²) in [6.45, 7) is 4.84. The van der Waals surface area contributed by atoms with Crippen LogP contribution in [0.1, 0.15) is 0 Å². The number of hydrogen-bond acceptors (Lipinski definition) is 2. The van der Waals surface area contributed by atoms with Crippen molar-refractivity contribution in [3.05, 3.63) is 158 Å². The van der Waals surface area contributed by atoms with Crippen LogP contribution in [0.4, 0.5) is 0 Å². The van der Waals surface area contributed by atoms with Gasteiger partial charge in [-0.15, -0.1) is 0 Å².